The SMILES string of the molecule is C=NOC(/C=C/C=C(F)\C=C/C)NCc1cccc(C(=O)OC)c1. The second kappa shape index (κ2) is 10.9. The number of halogens is 1. The van der Waals surface area contributed by atoms with Gasteiger partial charge in [0, 0.05) is 13.3 Å². The molecule has 1 rings (SSSR count). The third-order valence-electron chi connectivity index (χ3n) is 2.91. The molecule has 0 saturated carbocycles. The monoisotopic (exact) mass is 332 g/mol. The average molecular weight is 332 g/mol. The lowest BCUT2D eigenvalue weighted by Gasteiger charge is -2.13. The van der Waals surface area contributed by atoms with E-state index >= 15 is 0 Å². The summed E-state index contributed by atoms with van der Waals surface area (Å²) in [7, 11) is 1.33. The smallest absolute Gasteiger partial charge is 0.337 e. The van der Waals surface area contributed by atoms with E-state index in [1.54, 1.807) is 37.3 Å². The summed E-state index contributed by atoms with van der Waals surface area (Å²) in [5.74, 6) is -0.772. The van der Waals surface area contributed by atoms with Gasteiger partial charge in [0.25, 0.3) is 0 Å². The number of allylic oxidation sites excluding steroid dienone is 5. The highest BCUT2D eigenvalue weighted by Gasteiger charge is 2.07. The molecule has 0 aliphatic rings. The van der Waals surface area contributed by atoms with Gasteiger partial charge in [0.1, 0.15) is 5.83 Å². The van der Waals surface area contributed by atoms with Gasteiger partial charge >= 0.3 is 5.97 Å². The van der Waals surface area contributed by atoms with Crippen LogP contribution in [0.25, 0.3) is 0 Å². The number of hydrogen-bond acceptors (Lipinski definition) is 5. The van der Waals surface area contributed by atoms with Crippen molar-refractivity contribution in [3.8, 4) is 0 Å². The quantitative estimate of drug-likeness (QED) is 0.247. The first-order valence-electron chi connectivity index (χ1n) is 7.30. The number of carbonyl (C=O) groups is 1. The second-order valence-electron chi connectivity index (χ2n) is 4.66. The fraction of sp³-hybridized carbons (Fsp3) is 0.222. The molecule has 1 aromatic rings. The number of oxime groups is 1. The van der Waals surface area contributed by atoms with Gasteiger partial charge in [-0.1, -0.05) is 24.3 Å². The lowest BCUT2D eigenvalue weighted by molar-refractivity contribution is 0.0600. The molecule has 5 nitrogen and oxygen atoms in total. The number of ether oxygens (including phenoxy) is 1. The van der Waals surface area contributed by atoms with E-state index in [-0.39, 0.29) is 5.83 Å². The third kappa shape index (κ3) is 7.02. The topological polar surface area (TPSA) is 59.9 Å². The van der Waals surface area contributed by atoms with Crippen LogP contribution in [0.4, 0.5) is 4.39 Å². The van der Waals surface area contributed by atoms with Gasteiger partial charge in [-0.2, -0.15) is 0 Å². The maximum Gasteiger partial charge on any atom is 0.337 e. The normalized spacial score (nSPS) is 13.2. The van der Waals surface area contributed by atoms with Gasteiger partial charge < -0.3 is 9.57 Å². The van der Waals surface area contributed by atoms with E-state index in [1.807, 2.05) is 6.07 Å². The van der Waals surface area contributed by atoms with Crippen LogP contribution in [-0.4, -0.2) is 26.0 Å². The summed E-state index contributed by atoms with van der Waals surface area (Å²) in [6, 6.07) is 7.00. The van der Waals surface area contributed by atoms with Gasteiger partial charge in [-0.05, 0) is 42.8 Å². The molecule has 6 heteroatoms. The number of benzene rings is 1. The lowest BCUT2D eigenvalue weighted by Crippen LogP contribution is -2.28. The maximum atomic E-state index is 13.2. The van der Waals surface area contributed by atoms with Crippen LogP contribution in [0.2, 0.25) is 0 Å². The van der Waals surface area contributed by atoms with E-state index in [0.29, 0.717) is 12.1 Å². The molecular formula is C18H21FN2O3. The predicted molar refractivity (Wildman–Crippen MR) is 92.2 cm³/mol. The summed E-state index contributed by atoms with van der Waals surface area (Å²) in [4.78, 5) is 16.6. The number of esters is 1. The zero-order chi connectivity index (χ0) is 17.8. The fourth-order valence-corrected chi connectivity index (χ4v) is 1.83. The van der Waals surface area contributed by atoms with Crippen molar-refractivity contribution in [3.63, 3.8) is 0 Å². The van der Waals surface area contributed by atoms with E-state index in [9.17, 15) is 9.18 Å². The standard InChI is InChI=1S/C18H21FN2O3/c1-4-7-16(19)10-6-11-17(24-20-2)21-13-14-8-5-9-15(12-14)18(22)23-3/h4-12,17,21H,2,13H2,1,3H3/b7-4-,11-6+,16-10+. The van der Waals surface area contributed by atoms with E-state index in [1.165, 1.54) is 25.3 Å². The molecule has 0 aliphatic carbocycles. The number of hydrogen-bond donors (Lipinski definition) is 1. The molecule has 1 unspecified atom stereocenters. The molecule has 1 atom stereocenters. The van der Waals surface area contributed by atoms with Gasteiger partial charge in [0.15, 0.2) is 6.23 Å². The molecule has 0 aliphatic heterocycles. The number of nitrogens with zero attached hydrogens (tertiary/aromatic N) is 1. The third-order valence-corrected chi connectivity index (χ3v) is 2.91. The molecule has 0 aromatic heterocycles. The van der Waals surface area contributed by atoms with Crippen molar-refractivity contribution in [2.24, 2.45) is 5.16 Å². The second-order valence-corrected chi connectivity index (χ2v) is 4.66. The Balaban J connectivity index is 2.69. The van der Waals surface area contributed by atoms with Crippen molar-refractivity contribution in [1.82, 2.24) is 5.32 Å². The maximum absolute atomic E-state index is 13.2. The summed E-state index contributed by atoms with van der Waals surface area (Å²) in [5, 5.41) is 6.44. The molecule has 0 heterocycles. The summed E-state index contributed by atoms with van der Waals surface area (Å²) in [5.41, 5.74) is 1.32. The van der Waals surface area contributed by atoms with Gasteiger partial charge in [-0.25, -0.2) is 9.18 Å². The first-order valence-corrected chi connectivity index (χ1v) is 7.30. The van der Waals surface area contributed by atoms with E-state index in [0.717, 1.165) is 5.56 Å². The molecule has 24 heavy (non-hydrogen) atoms. The Morgan fingerprint density at radius 2 is 2.29 bits per heavy atom. The van der Waals surface area contributed by atoms with Crippen molar-refractivity contribution in [1.29, 1.82) is 0 Å². The molecule has 1 N–H and O–H groups in total. The molecule has 0 amide bonds. The van der Waals surface area contributed by atoms with Gasteiger partial charge in [0.05, 0.1) is 12.7 Å². The van der Waals surface area contributed by atoms with Gasteiger partial charge in [-0.3, -0.25) is 5.32 Å². The van der Waals surface area contributed by atoms with Crippen molar-refractivity contribution in [3.05, 3.63) is 71.6 Å². The van der Waals surface area contributed by atoms with Crippen molar-refractivity contribution in [2.45, 2.75) is 19.7 Å². The van der Waals surface area contributed by atoms with Crippen LogP contribution < -0.4 is 5.32 Å². The molecule has 0 fully saturated rings. The highest BCUT2D eigenvalue weighted by molar-refractivity contribution is 5.89. The molecule has 128 valence electrons. The molecule has 0 saturated heterocycles. The van der Waals surface area contributed by atoms with Crippen LogP contribution in [0.1, 0.15) is 22.8 Å². The van der Waals surface area contributed by atoms with Gasteiger partial charge in [0.2, 0.25) is 0 Å². The average Bonchev–Trinajstić information content (AvgIpc) is 2.59. The Hall–Kier alpha value is -2.73. The van der Waals surface area contributed by atoms with Gasteiger partial charge in [-0.15, -0.1) is 5.16 Å². The van der Waals surface area contributed by atoms with Crippen LogP contribution in [0.3, 0.4) is 0 Å². The first kappa shape index (κ1) is 19.3. The molecular weight excluding hydrogens is 311 g/mol. The number of nitrogens with one attached hydrogen (secondary N) is 1. The van der Waals surface area contributed by atoms with Crippen molar-refractivity contribution in [2.75, 3.05) is 7.11 Å². The van der Waals surface area contributed by atoms with E-state index in [2.05, 4.69) is 21.9 Å². The Bertz CT molecular complexity index is 639. The molecule has 0 radical (unpaired) electrons. The van der Waals surface area contributed by atoms with Crippen LogP contribution >= 0.6 is 0 Å². The number of rotatable bonds is 9. The van der Waals surface area contributed by atoms with Crippen LogP contribution in [0.5, 0.6) is 0 Å². The Morgan fingerprint density at radius 1 is 1.50 bits per heavy atom. The minimum atomic E-state index is -0.584. The minimum Gasteiger partial charge on any atom is -0.465 e. The highest BCUT2D eigenvalue weighted by atomic mass is 19.1. The Morgan fingerprint density at radius 3 is 2.96 bits per heavy atom. The largest absolute Gasteiger partial charge is 0.465 e. The van der Waals surface area contributed by atoms with Crippen LogP contribution in [0.15, 0.2) is 65.6 Å². The summed E-state index contributed by atoms with van der Waals surface area (Å²) in [6.07, 6.45) is 6.78. The Labute approximate surface area is 141 Å². The van der Waals surface area contributed by atoms with Crippen molar-refractivity contribution < 1.29 is 18.8 Å². The summed E-state index contributed by atoms with van der Waals surface area (Å²) >= 11 is 0. The summed E-state index contributed by atoms with van der Waals surface area (Å²) < 4.78 is 17.9. The summed E-state index contributed by atoms with van der Waals surface area (Å²) in [6.45, 7) is 5.41. The van der Waals surface area contributed by atoms with Crippen LogP contribution in [0, 0.1) is 0 Å². The zero-order valence-electron chi connectivity index (χ0n) is 13.7. The number of methoxy groups -OCH3 is 1. The minimum absolute atomic E-state index is 0.371. The first-order chi connectivity index (χ1) is 11.6. The molecule has 0 bridgehead atoms. The Kier molecular flexibility index (Phi) is 8.78. The number of carbonyl (C=O) groups excluding carboxylic acids is 1. The zero-order valence-corrected chi connectivity index (χ0v) is 13.7. The predicted octanol–water partition coefficient (Wildman–Crippen LogP) is 3.51. The molecule has 0 spiro atoms. The highest BCUT2D eigenvalue weighted by Crippen LogP contribution is 2.07. The van der Waals surface area contributed by atoms with E-state index < -0.39 is 12.2 Å². The van der Waals surface area contributed by atoms with E-state index in [4.69, 9.17) is 4.84 Å². The molecule has 1 aromatic carbocycles. The lowest BCUT2D eigenvalue weighted by atomic mass is 10.1. The van der Waals surface area contributed by atoms with Crippen molar-refractivity contribution >= 4 is 12.7 Å². The fourth-order valence-electron chi connectivity index (χ4n) is 1.83. The van der Waals surface area contributed by atoms with Crippen LogP contribution in [-0.2, 0) is 16.1 Å².